The van der Waals surface area contributed by atoms with Gasteiger partial charge in [-0.15, -0.1) is 0 Å². The molecule has 0 aromatic heterocycles. The molecule has 1 aromatic rings. The lowest BCUT2D eigenvalue weighted by molar-refractivity contribution is -0.143. The van der Waals surface area contributed by atoms with Gasteiger partial charge in [-0.2, -0.15) is 0 Å². The van der Waals surface area contributed by atoms with Gasteiger partial charge in [0, 0.05) is 0 Å². The summed E-state index contributed by atoms with van der Waals surface area (Å²) in [4.78, 5) is 11.2. The second-order valence-electron chi connectivity index (χ2n) is 3.74. The molecule has 0 spiro atoms. The summed E-state index contributed by atoms with van der Waals surface area (Å²) >= 11 is 0. The van der Waals surface area contributed by atoms with Crippen LogP contribution in [-0.2, 0) is 16.0 Å². The highest BCUT2D eigenvalue weighted by molar-refractivity contribution is 5.69. The van der Waals surface area contributed by atoms with Crippen molar-refractivity contribution in [1.29, 1.82) is 0 Å². The van der Waals surface area contributed by atoms with E-state index in [1.807, 2.05) is 18.2 Å². The lowest BCUT2D eigenvalue weighted by atomic mass is 10.1. The first-order valence-corrected chi connectivity index (χ1v) is 6.16. The molecule has 0 atom stereocenters. The minimum absolute atomic E-state index is 0.243. The van der Waals surface area contributed by atoms with E-state index in [0.29, 0.717) is 24.7 Å². The molecule has 4 heteroatoms. The molecule has 0 radical (unpaired) electrons. The number of benzene rings is 1. The zero-order chi connectivity index (χ0) is 13.4. The lowest BCUT2D eigenvalue weighted by Crippen LogP contribution is -2.10. The van der Waals surface area contributed by atoms with Crippen molar-refractivity contribution in [3.63, 3.8) is 0 Å². The molecule has 0 heterocycles. The number of hydrogen-bond acceptors (Lipinski definition) is 4. The molecule has 1 aromatic carbocycles. The molecule has 4 nitrogen and oxygen atoms in total. The van der Waals surface area contributed by atoms with E-state index in [-0.39, 0.29) is 12.4 Å². The van der Waals surface area contributed by atoms with Crippen molar-refractivity contribution in [2.75, 3.05) is 20.3 Å². The quantitative estimate of drug-likeness (QED) is 0.700. The topological polar surface area (TPSA) is 44.8 Å². The largest absolute Gasteiger partial charge is 0.493 e. The first-order valence-electron chi connectivity index (χ1n) is 6.16. The summed E-state index contributed by atoms with van der Waals surface area (Å²) in [5.41, 5.74) is 1.18. The van der Waals surface area contributed by atoms with Gasteiger partial charge in [0.25, 0.3) is 0 Å². The number of rotatable bonds is 7. The number of ether oxygens (including phenoxy) is 3. The monoisotopic (exact) mass is 252 g/mol. The van der Waals surface area contributed by atoms with Crippen molar-refractivity contribution in [1.82, 2.24) is 0 Å². The predicted molar refractivity (Wildman–Crippen MR) is 69.1 cm³/mol. The van der Waals surface area contributed by atoms with E-state index in [2.05, 4.69) is 6.92 Å². The van der Waals surface area contributed by atoms with Crippen LogP contribution in [0.1, 0.15) is 25.8 Å². The van der Waals surface area contributed by atoms with Crippen LogP contribution < -0.4 is 9.47 Å². The Kier molecular flexibility index (Phi) is 6.05. The fourth-order valence-corrected chi connectivity index (χ4v) is 1.53. The third-order valence-electron chi connectivity index (χ3n) is 2.51. The molecule has 0 fully saturated rings. The molecule has 0 N–H and O–H groups in total. The maximum atomic E-state index is 11.2. The third-order valence-corrected chi connectivity index (χ3v) is 2.51. The van der Waals surface area contributed by atoms with Crippen LogP contribution in [0, 0.1) is 0 Å². The number of methoxy groups -OCH3 is 1. The van der Waals surface area contributed by atoms with Gasteiger partial charge < -0.3 is 14.2 Å². The summed E-state index contributed by atoms with van der Waals surface area (Å²) in [6.07, 6.45) is 1.19. The maximum absolute atomic E-state index is 11.2. The zero-order valence-corrected chi connectivity index (χ0v) is 11.2. The van der Waals surface area contributed by atoms with Gasteiger partial charge in [0.2, 0.25) is 0 Å². The highest BCUT2D eigenvalue weighted by Crippen LogP contribution is 2.28. The van der Waals surface area contributed by atoms with Crippen molar-refractivity contribution in [2.45, 2.75) is 26.7 Å². The Morgan fingerprint density at radius 1 is 1.22 bits per heavy atom. The molecule has 0 saturated heterocycles. The summed E-state index contributed by atoms with van der Waals surface area (Å²) < 4.78 is 15.6. The van der Waals surface area contributed by atoms with E-state index >= 15 is 0 Å². The van der Waals surface area contributed by atoms with Gasteiger partial charge in [-0.05, 0) is 31.0 Å². The van der Waals surface area contributed by atoms with Crippen LogP contribution >= 0.6 is 0 Å². The van der Waals surface area contributed by atoms with E-state index in [4.69, 9.17) is 14.2 Å². The summed E-state index contributed by atoms with van der Waals surface area (Å²) in [5.74, 6) is 1.10. The van der Waals surface area contributed by atoms with E-state index in [1.165, 1.54) is 5.56 Å². The van der Waals surface area contributed by atoms with Crippen molar-refractivity contribution >= 4 is 5.97 Å². The predicted octanol–water partition coefficient (Wildman–Crippen LogP) is 2.59. The average molecular weight is 252 g/mol. The maximum Gasteiger partial charge on any atom is 0.309 e. The number of carbonyl (C=O) groups is 1. The average Bonchev–Trinajstić information content (AvgIpc) is 2.39. The third kappa shape index (κ3) is 4.28. The van der Waals surface area contributed by atoms with Crippen LogP contribution in [0.4, 0.5) is 0 Å². The Bertz CT molecular complexity index is 387. The highest BCUT2D eigenvalue weighted by atomic mass is 16.5. The summed E-state index contributed by atoms with van der Waals surface area (Å²) in [6.45, 7) is 4.55. The zero-order valence-electron chi connectivity index (χ0n) is 11.2. The van der Waals surface area contributed by atoms with E-state index in [9.17, 15) is 4.79 Å². The molecular weight excluding hydrogens is 232 g/mol. The van der Waals surface area contributed by atoms with Crippen LogP contribution in [0.3, 0.4) is 0 Å². The number of hydrogen-bond donors (Lipinski definition) is 0. The summed E-state index contributed by atoms with van der Waals surface area (Å²) in [6, 6.07) is 5.80. The Labute approximate surface area is 108 Å². The van der Waals surface area contributed by atoms with Crippen molar-refractivity contribution in [2.24, 2.45) is 0 Å². The first-order chi connectivity index (χ1) is 8.71. The van der Waals surface area contributed by atoms with Crippen LogP contribution in [0.25, 0.3) is 0 Å². The molecule has 1 rings (SSSR count). The van der Waals surface area contributed by atoms with Gasteiger partial charge in [-0.25, -0.2) is 0 Å². The van der Waals surface area contributed by atoms with Crippen molar-refractivity contribution in [3.05, 3.63) is 23.8 Å². The molecule has 0 aliphatic rings. The minimum Gasteiger partial charge on any atom is -0.493 e. The molecule has 0 saturated carbocycles. The van der Waals surface area contributed by atoms with Crippen LogP contribution in [-0.4, -0.2) is 26.3 Å². The van der Waals surface area contributed by atoms with Gasteiger partial charge in [-0.3, -0.25) is 4.79 Å². The summed E-state index contributed by atoms with van der Waals surface area (Å²) in [7, 11) is 1.60. The Morgan fingerprint density at radius 2 is 2.00 bits per heavy atom. The number of esters is 1. The standard InChI is InChI=1S/C14H20O4/c1-4-11-6-7-12(13(10-11)16-3)18-9-8-14(15)17-5-2/h6-7,10H,4-5,8-9H2,1-3H3. The van der Waals surface area contributed by atoms with Gasteiger partial charge in [0.05, 0.1) is 26.7 Å². The molecule has 0 unspecified atom stereocenters. The smallest absolute Gasteiger partial charge is 0.309 e. The van der Waals surface area contributed by atoms with E-state index < -0.39 is 0 Å². The normalized spacial score (nSPS) is 9.94. The Morgan fingerprint density at radius 3 is 2.61 bits per heavy atom. The molecule has 0 amide bonds. The molecule has 0 aliphatic heterocycles. The minimum atomic E-state index is -0.248. The fraction of sp³-hybridized carbons (Fsp3) is 0.500. The van der Waals surface area contributed by atoms with E-state index in [0.717, 1.165) is 6.42 Å². The van der Waals surface area contributed by atoms with Gasteiger partial charge in [-0.1, -0.05) is 13.0 Å². The number of aryl methyl sites for hydroxylation is 1. The van der Waals surface area contributed by atoms with E-state index in [1.54, 1.807) is 14.0 Å². The summed E-state index contributed by atoms with van der Waals surface area (Å²) in [5, 5.41) is 0. The molecule has 18 heavy (non-hydrogen) atoms. The molecule has 100 valence electrons. The number of carbonyl (C=O) groups excluding carboxylic acids is 1. The van der Waals surface area contributed by atoms with Crippen molar-refractivity contribution < 1.29 is 19.0 Å². The molecular formula is C14H20O4. The van der Waals surface area contributed by atoms with Crippen molar-refractivity contribution in [3.8, 4) is 11.5 Å². The fourth-order valence-electron chi connectivity index (χ4n) is 1.53. The van der Waals surface area contributed by atoms with Gasteiger partial charge in [0.15, 0.2) is 11.5 Å². The first kappa shape index (κ1) is 14.4. The van der Waals surface area contributed by atoms with Gasteiger partial charge >= 0.3 is 5.97 Å². The second-order valence-corrected chi connectivity index (χ2v) is 3.74. The van der Waals surface area contributed by atoms with Crippen LogP contribution in [0.15, 0.2) is 18.2 Å². The highest BCUT2D eigenvalue weighted by Gasteiger charge is 2.07. The van der Waals surface area contributed by atoms with Gasteiger partial charge in [0.1, 0.15) is 0 Å². The van der Waals surface area contributed by atoms with Crippen LogP contribution in [0.2, 0.25) is 0 Å². The second kappa shape index (κ2) is 7.58. The Balaban J connectivity index is 2.53. The SMILES string of the molecule is CCOC(=O)CCOc1ccc(CC)cc1OC. The molecule has 0 aliphatic carbocycles. The molecule has 0 bridgehead atoms. The van der Waals surface area contributed by atoms with Crippen LogP contribution in [0.5, 0.6) is 11.5 Å². The Hall–Kier alpha value is -1.71. The lowest BCUT2D eigenvalue weighted by Gasteiger charge is -2.11.